The Balaban J connectivity index is 1.96. The number of nitrogens with zero attached hydrogens (tertiary/aromatic N) is 3. The standard InChI is InChI=1S/C20H21N3OS/c1-15-8-7-11-17(14-15)23-13-12-21-20(23)25-18(19(24)22(2)3)16-9-5-4-6-10-16/h4-14,18H,1-3H3/t18-/m1/s1. The maximum absolute atomic E-state index is 12.7. The van der Waals surface area contributed by atoms with E-state index in [1.807, 2.05) is 53.2 Å². The van der Waals surface area contributed by atoms with Gasteiger partial charge in [-0.15, -0.1) is 0 Å². The number of imidazole rings is 1. The van der Waals surface area contributed by atoms with Crippen LogP contribution in [0, 0.1) is 6.92 Å². The first kappa shape index (κ1) is 17.3. The van der Waals surface area contributed by atoms with Crippen LogP contribution in [0.25, 0.3) is 5.69 Å². The molecule has 0 radical (unpaired) electrons. The van der Waals surface area contributed by atoms with E-state index in [0.29, 0.717) is 0 Å². The molecule has 0 fully saturated rings. The Kier molecular flexibility index (Phi) is 5.24. The molecule has 0 N–H and O–H groups in total. The van der Waals surface area contributed by atoms with Crippen molar-refractivity contribution in [2.75, 3.05) is 14.1 Å². The van der Waals surface area contributed by atoms with Crippen molar-refractivity contribution in [2.45, 2.75) is 17.3 Å². The van der Waals surface area contributed by atoms with Crippen molar-refractivity contribution >= 4 is 17.7 Å². The van der Waals surface area contributed by atoms with E-state index in [4.69, 9.17) is 0 Å². The lowest BCUT2D eigenvalue weighted by atomic mass is 10.1. The van der Waals surface area contributed by atoms with Gasteiger partial charge in [0.2, 0.25) is 5.91 Å². The molecule has 25 heavy (non-hydrogen) atoms. The van der Waals surface area contributed by atoms with Crippen LogP contribution >= 0.6 is 11.8 Å². The molecule has 3 rings (SSSR count). The number of benzene rings is 2. The van der Waals surface area contributed by atoms with Crippen LogP contribution < -0.4 is 0 Å². The molecule has 2 aromatic carbocycles. The Morgan fingerprint density at radius 1 is 1.12 bits per heavy atom. The van der Waals surface area contributed by atoms with E-state index < -0.39 is 0 Å². The molecule has 0 spiro atoms. The summed E-state index contributed by atoms with van der Waals surface area (Å²) in [5.74, 6) is 0.0509. The molecular formula is C20H21N3OS. The van der Waals surface area contributed by atoms with Gasteiger partial charge in [0.05, 0.1) is 0 Å². The van der Waals surface area contributed by atoms with E-state index in [-0.39, 0.29) is 11.2 Å². The lowest BCUT2D eigenvalue weighted by Crippen LogP contribution is -2.26. The average Bonchev–Trinajstić information content (AvgIpc) is 3.08. The lowest BCUT2D eigenvalue weighted by molar-refractivity contribution is -0.128. The van der Waals surface area contributed by atoms with Crippen molar-refractivity contribution in [3.05, 3.63) is 78.1 Å². The number of rotatable bonds is 5. The van der Waals surface area contributed by atoms with E-state index in [1.165, 1.54) is 17.3 Å². The molecule has 3 aromatic rings. The van der Waals surface area contributed by atoms with E-state index in [0.717, 1.165) is 16.4 Å². The summed E-state index contributed by atoms with van der Waals surface area (Å²) in [5.41, 5.74) is 3.21. The minimum atomic E-state index is -0.331. The summed E-state index contributed by atoms with van der Waals surface area (Å²) in [7, 11) is 3.57. The zero-order chi connectivity index (χ0) is 17.8. The maximum Gasteiger partial charge on any atom is 0.240 e. The molecule has 0 aliphatic heterocycles. The second kappa shape index (κ2) is 7.57. The second-order valence-electron chi connectivity index (χ2n) is 6.06. The Bertz CT molecular complexity index is 858. The Labute approximate surface area is 152 Å². The first-order chi connectivity index (χ1) is 12.1. The predicted octanol–water partition coefficient (Wildman–Crippen LogP) is 4.10. The molecule has 0 aliphatic rings. The van der Waals surface area contributed by atoms with Gasteiger partial charge >= 0.3 is 0 Å². The van der Waals surface area contributed by atoms with Crippen LogP contribution in [0.15, 0.2) is 72.1 Å². The van der Waals surface area contributed by atoms with Crippen molar-refractivity contribution in [3.63, 3.8) is 0 Å². The number of likely N-dealkylation sites (N-methyl/N-ethyl adjacent to an activating group) is 1. The summed E-state index contributed by atoms with van der Waals surface area (Å²) in [6, 6.07) is 18.1. The van der Waals surface area contributed by atoms with Gasteiger partial charge in [-0.25, -0.2) is 4.98 Å². The highest BCUT2D eigenvalue weighted by Crippen LogP contribution is 2.36. The third kappa shape index (κ3) is 3.94. The molecule has 1 aromatic heterocycles. The molecule has 1 amide bonds. The molecule has 0 saturated carbocycles. The summed E-state index contributed by atoms with van der Waals surface area (Å²) in [6.07, 6.45) is 3.70. The Hall–Kier alpha value is -2.53. The highest BCUT2D eigenvalue weighted by Gasteiger charge is 2.25. The molecule has 128 valence electrons. The monoisotopic (exact) mass is 351 g/mol. The molecule has 0 unspecified atom stereocenters. The fraction of sp³-hybridized carbons (Fsp3) is 0.200. The fourth-order valence-corrected chi connectivity index (χ4v) is 3.80. The fourth-order valence-electron chi connectivity index (χ4n) is 2.58. The molecule has 0 saturated heterocycles. The summed E-state index contributed by atoms with van der Waals surface area (Å²) in [6.45, 7) is 2.07. The molecule has 1 atom stereocenters. The molecule has 0 bridgehead atoms. The van der Waals surface area contributed by atoms with E-state index in [2.05, 4.69) is 24.0 Å². The summed E-state index contributed by atoms with van der Waals surface area (Å²) < 4.78 is 2.02. The summed E-state index contributed by atoms with van der Waals surface area (Å²) in [4.78, 5) is 18.9. The molecule has 5 heteroatoms. The predicted molar refractivity (Wildman–Crippen MR) is 102 cm³/mol. The average molecular weight is 351 g/mol. The lowest BCUT2D eigenvalue weighted by Gasteiger charge is -2.20. The van der Waals surface area contributed by atoms with Crippen LogP contribution in [0.1, 0.15) is 16.4 Å². The zero-order valence-electron chi connectivity index (χ0n) is 14.6. The first-order valence-electron chi connectivity index (χ1n) is 8.09. The van der Waals surface area contributed by atoms with Crippen LogP contribution in [-0.2, 0) is 4.79 Å². The van der Waals surface area contributed by atoms with Gasteiger partial charge in [-0.3, -0.25) is 9.36 Å². The van der Waals surface area contributed by atoms with Crippen LogP contribution in [0.2, 0.25) is 0 Å². The van der Waals surface area contributed by atoms with E-state index >= 15 is 0 Å². The highest BCUT2D eigenvalue weighted by molar-refractivity contribution is 8.00. The van der Waals surface area contributed by atoms with Crippen molar-refractivity contribution < 1.29 is 4.79 Å². The zero-order valence-corrected chi connectivity index (χ0v) is 15.4. The van der Waals surface area contributed by atoms with E-state index in [1.54, 1.807) is 25.2 Å². The Morgan fingerprint density at radius 3 is 2.56 bits per heavy atom. The number of aryl methyl sites for hydroxylation is 1. The molecule has 0 aliphatic carbocycles. The highest BCUT2D eigenvalue weighted by atomic mass is 32.2. The van der Waals surface area contributed by atoms with Crippen molar-refractivity contribution in [1.82, 2.24) is 14.5 Å². The maximum atomic E-state index is 12.7. The van der Waals surface area contributed by atoms with Gasteiger partial charge in [0.25, 0.3) is 0 Å². The van der Waals surface area contributed by atoms with Crippen molar-refractivity contribution in [1.29, 1.82) is 0 Å². The quantitative estimate of drug-likeness (QED) is 0.650. The summed E-state index contributed by atoms with van der Waals surface area (Å²) in [5, 5.41) is 0.469. The molecule has 4 nitrogen and oxygen atoms in total. The SMILES string of the molecule is Cc1cccc(-n2ccnc2S[C@@H](C(=O)N(C)C)c2ccccc2)c1. The van der Waals surface area contributed by atoms with E-state index in [9.17, 15) is 4.79 Å². The number of thioether (sulfide) groups is 1. The van der Waals surface area contributed by atoms with Crippen molar-refractivity contribution in [3.8, 4) is 5.69 Å². The van der Waals surface area contributed by atoms with Crippen LogP contribution in [0.4, 0.5) is 0 Å². The number of amides is 1. The van der Waals surface area contributed by atoms with Gasteiger partial charge in [0.1, 0.15) is 5.25 Å². The van der Waals surface area contributed by atoms with Gasteiger partial charge in [-0.05, 0) is 30.2 Å². The molecule has 1 heterocycles. The number of aromatic nitrogens is 2. The summed E-state index contributed by atoms with van der Waals surface area (Å²) >= 11 is 1.47. The Morgan fingerprint density at radius 2 is 1.88 bits per heavy atom. The number of hydrogen-bond donors (Lipinski definition) is 0. The van der Waals surface area contributed by atoms with Crippen LogP contribution in [-0.4, -0.2) is 34.5 Å². The van der Waals surface area contributed by atoms with Gasteiger partial charge < -0.3 is 4.90 Å². The van der Waals surface area contributed by atoms with Gasteiger partial charge in [0, 0.05) is 32.2 Å². The third-order valence-corrected chi connectivity index (χ3v) is 5.10. The van der Waals surface area contributed by atoms with Crippen LogP contribution in [0.5, 0.6) is 0 Å². The van der Waals surface area contributed by atoms with Gasteiger partial charge in [-0.2, -0.15) is 0 Å². The first-order valence-corrected chi connectivity index (χ1v) is 8.97. The molecular weight excluding hydrogens is 330 g/mol. The van der Waals surface area contributed by atoms with Crippen molar-refractivity contribution in [2.24, 2.45) is 0 Å². The topological polar surface area (TPSA) is 38.1 Å². The second-order valence-corrected chi connectivity index (χ2v) is 7.13. The largest absolute Gasteiger partial charge is 0.348 e. The normalized spacial score (nSPS) is 12.0. The number of carbonyl (C=O) groups is 1. The van der Waals surface area contributed by atoms with Crippen LogP contribution in [0.3, 0.4) is 0 Å². The number of carbonyl (C=O) groups excluding carboxylic acids is 1. The minimum Gasteiger partial charge on any atom is -0.348 e. The number of hydrogen-bond acceptors (Lipinski definition) is 3. The van der Waals surface area contributed by atoms with Gasteiger partial charge in [-0.1, -0.05) is 54.2 Å². The van der Waals surface area contributed by atoms with Gasteiger partial charge in [0.15, 0.2) is 5.16 Å². The minimum absolute atomic E-state index is 0.0509. The smallest absolute Gasteiger partial charge is 0.240 e. The third-order valence-electron chi connectivity index (χ3n) is 3.88.